The van der Waals surface area contributed by atoms with Gasteiger partial charge in [-0.25, -0.2) is 0 Å². The van der Waals surface area contributed by atoms with Gasteiger partial charge in [0.1, 0.15) is 0 Å². The van der Waals surface area contributed by atoms with Gasteiger partial charge in [0.2, 0.25) is 5.91 Å². The topological polar surface area (TPSA) is 41.1 Å². The van der Waals surface area contributed by atoms with Crippen molar-refractivity contribution in [2.45, 2.75) is 39.2 Å². The summed E-state index contributed by atoms with van der Waals surface area (Å²) in [7, 11) is 0. The van der Waals surface area contributed by atoms with Crippen molar-refractivity contribution in [3.05, 3.63) is 0 Å². The van der Waals surface area contributed by atoms with Gasteiger partial charge in [-0.15, -0.1) is 0 Å². The van der Waals surface area contributed by atoms with Gasteiger partial charge in [-0.3, -0.25) is 4.79 Å². The van der Waals surface area contributed by atoms with E-state index in [1.165, 1.54) is 18.6 Å². The van der Waals surface area contributed by atoms with Crippen LogP contribution in [0, 0.1) is 11.3 Å². The molecule has 1 saturated carbocycles. The molecule has 0 bridgehead atoms. The molecule has 1 saturated heterocycles. The Hall–Kier alpha value is -0.220. The Morgan fingerprint density at radius 3 is 2.82 bits per heavy atom. The van der Waals surface area contributed by atoms with E-state index in [2.05, 4.69) is 24.5 Å². The molecule has 17 heavy (non-hydrogen) atoms. The van der Waals surface area contributed by atoms with Crippen LogP contribution in [0.15, 0.2) is 0 Å². The molecular formula is C13H24N2OS. The van der Waals surface area contributed by atoms with E-state index in [1.807, 2.05) is 11.8 Å². The second-order valence-electron chi connectivity index (χ2n) is 5.72. The number of nitrogens with one attached hydrogen (secondary N) is 2. The van der Waals surface area contributed by atoms with E-state index in [0.29, 0.717) is 23.8 Å². The minimum absolute atomic E-state index is 0.219. The molecule has 2 aliphatic rings. The van der Waals surface area contributed by atoms with Crippen molar-refractivity contribution < 1.29 is 4.79 Å². The zero-order valence-electron chi connectivity index (χ0n) is 10.9. The van der Waals surface area contributed by atoms with Crippen molar-refractivity contribution in [2.24, 2.45) is 11.3 Å². The molecule has 1 atom stereocenters. The highest BCUT2D eigenvalue weighted by molar-refractivity contribution is 7.99. The predicted molar refractivity (Wildman–Crippen MR) is 73.2 cm³/mol. The standard InChI is InChI=1S/C13H24N2OS/c1-10(2)13(3-4-13)9-15-12(16)7-11-8-17-6-5-14-11/h10-11,14H,3-9H2,1-2H3,(H,15,16). The first-order valence-corrected chi connectivity index (χ1v) is 7.86. The zero-order chi connectivity index (χ0) is 12.3. The number of hydrogen-bond donors (Lipinski definition) is 2. The third-order valence-corrected chi connectivity index (χ3v) is 5.32. The van der Waals surface area contributed by atoms with Crippen LogP contribution in [0.4, 0.5) is 0 Å². The van der Waals surface area contributed by atoms with Gasteiger partial charge in [0.05, 0.1) is 0 Å². The molecule has 0 aromatic carbocycles. The molecule has 0 aromatic heterocycles. The number of rotatable bonds is 5. The van der Waals surface area contributed by atoms with Gasteiger partial charge < -0.3 is 10.6 Å². The SMILES string of the molecule is CC(C)C1(CNC(=O)CC2CSCCN2)CC1. The highest BCUT2D eigenvalue weighted by Gasteiger charge is 2.45. The molecule has 2 fully saturated rings. The molecule has 4 heteroatoms. The van der Waals surface area contributed by atoms with Crippen LogP contribution in [0.1, 0.15) is 33.1 Å². The highest BCUT2D eigenvalue weighted by Crippen LogP contribution is 2.51. The maximum atomic E-state index is 11.8. The number of carbonyl (C=O) groups excluding carboxylic acids is 1. The molecule has 1 aliphatic carbocycles. The quantitative estimate of drug-likeness (QED) is 0.785. The second kappa shape index (κ2) is 5.61. The lowest BCUT2D eigenvalue weighted by Crippen LogP contribution is -2.42. The molecule has 1 aliphatic heterocycles. The fourth-order valence-corrected chi connectivity index (χ4v) is 3.39. The smallest absolute Gasteiger partial charge is 0.221 e. The molecule has 0 aromatic rings. The Morgan fingerprint density at radius 1 is 1.53 bits per heavy atom. The maximum Gasteiger partial charge on any atom is 0.221 e. The van der Waals surface area contributed by atoms with Crippen LogP contribution in [0.5, 0.6) is 0 Å². The summed E-state index contributed by atoms with van der Waals surface area (Å²) in [6, 6.07) is 0.378. The Labute approximate surface area is 108 Å². The number of carbonyl (C=O) groups is 1. The first kappa shape index (κ1) is 13.2. The van der Waals surface area contributed by atoms with E-state index in [1.54, 1.807) is 0 Å². The van der Waals surface area contributed by atoms with Crippen molar-refractivity contribution in [3.63, 3.8) is 0 Å². The Bertz CT molecular complexity index is 271. The highest BCUT2D eigenvalue weighted by atomic mass is 32.2. The minimum atomic E-state index is 0.219. The Morgan fingerprint density at radius 2 is 2.29 bits per heavy atom. The van der Waals surface area contributed by atoms with E-state index in [4.69, 9.17) is 0 Å². The summed E-state index contributed by atoms with van der Waals surface area (Å²) in [5.74, 6) is 3.15. The first-order valence-electron chi connectivity index (χ1n) is 6.70. The average molecular weight is 256 g/mol. The molecule has 2 N–H and O–H groups in total. The van der Waals surface area contributed by atoms with Crippen LogP contribution in [-0.4, -0.2) is 36.5 Å². The van der Waals surface area contributed by atoms with E-state index >= 15 is 0 Å². The largest absolute Gasteiger partial charge is 0.355 e. The van der Waals surface area contributed by atoms with E-state index in [9.17, 15) is 4.79 Å². The number of hydrogen-bond acceptors (Lipinski definition) is 3. The average Bonchev–Trinajstić information content (AvgIpc) is 3.09. The number of amides is 1. The van der Waals surface area contributed by atoms with Gasteiger partial charge in [0, 0.05) is 37.1 Å². The fraction of sp³-hybridized carbons (Fsp3) is 0.923. The van der Waals surface area contributed by atoms with Gasteiger partial charge >= 0.3 is 0 Å². The van der Waals surface area contributed by atoms with E-state index in [0.717, 1.165) is 18.8 Å². The summed E-state index contributed by atoms with van der Waals surface area (Å²) < 4.78 is 0. The third kappa shape index (κ3) is 3.62. The molecule has 1 unspecified atom stereocenters. The van der Waals surface area contributed by atoms with E-state index in [-0.39, 0.29) is 5.91 Å². The van der Waals surface area contributed by atoms with Gasteiger partial charge in [-0.1, -0.05) is 13.8 Å². The normalized spacial score (nSPS) is 26.9. The summed E-state index contributed by atoms with van der Waals surface area (Å²) in [5.41, 5.74) is 0.421. The lowest BCUT2D eigenvalue weighted by atomic mass is 9.92. The molecule has 1 heterocycles. The molecule has 0 spiro atoms. The maximum absolute atomic E-state index is 11.8. The van der Waals surface area contributed by atoms with Crippen molar-refractivity contribution in [3.8, 4) is 0 Å². The summed E-state index contributed by atoms with van der Waals surface area (Å²) >= 11 is 1.94. The number of thioether (sulfide) groups is 1. The van der Waals surface area contributed by atoms with Crippen molar-refractivity contribution in [2.75, 3.05) is 24.6 Å². The fourth-order valence-electron chi connectivity index (χ4n) is 2.44. The molecule has 98 valence electrons. The zero-order valence-corrected chi connectivity index (χ0v) is 11.7. The summed E-state index contributed by atoms with van der Waals surface area (Å²) in [6.07, 6.45) is 3.20. The molecule has 2 rings (SSSR count). The van der Waals surface area contributed by atoms with Crippen LogP contribution in [0.2, 0.25) is 0 Å². The van der Waals surface area contributed by atoms with Crippen molar-refractivity contribution in [1.82, 2.24) is 10.6 Å². The van der Waals surface area contributed by atoms with E-state index < -0.39 is 0 Å². The Balaban J connectivity index is 1.67. The van der Waals surface area contributed by atoms with Gasteiger partial charge in [0.25, 0.3) is 0 Å². The van der Waals surface area contributed by atoms with Gasteiger partial charge in [0.15, 0.2) is 0 Å². The molecule has 1 amide bonds. The van der Waals surface area contributed by atoms with Crippen LogP contribution in [0.25, 0.3) is 0 Å². The van der Waals surface area contributed by atoms with Gasteiger partial charge in [-0.05, 0) is 24.2 Å². The van der Waals surface area contributed by atoms with Crippen LogP contribution in [0.3, 0.4) is 0 Å². The lowest BCUT2D eigenvalue weighted by Gasteiger charge is -2.24. The minimum Gasteiger partial charge on any atom is -0.355 e. The van der Waals surface area contributed by atoms with Crippen molar-refractivity contribution in [1.29, 1.82) is 0 Å². The monoisotopic (exact) mass is 256 g/mol. The molecule has 3 nitrogen and oxygen atoms in total. The lowest BCUT2D eigenvalue weighted by molar-refractivity contribution is -0.121. The third-order valence-electron chi connectivity index (χ3n) is 4.18. The molecular weight excluding hydrogens is 232 g/mol. The Kier molecular flexibility index (Phi) is 4.36. The van der Waals surface area contributed by atoms with Crippen LogP contribution < -0.4 is 10.6 Å². The first-order chi connectivity index (χ1) is 8.12. The summed E-state index contributed by atoms with van der Waals surface area (Å²) in [4.78, 5) is 11.8. The molecule has 0 radical (unpaired) electrons. The predicted octanol–water partition coefficient (Wildman–Crippen LogP) is 1.63. The van der Waals surface area contributed by atoms with Crippen LogP contribution in [-0.2, 0) is 4.79 Å². The second-order valence-corrected chi connectivity index (χ2v) is 6.87. The van der Waals surface area contributed by atoms with Crippen molar-refractivity contribution >= 4 is 17.7 Å². The van der Waals surface area contributed by atoms with Gasteiger partial charge in [-0.2, -0.15) is 11.8 Å². The summed E-state index contributed by atoms with van der Waals surface area (Å²) in [6.45, 7) is 6.44. The van der Waals surface area contributed by atoms with Crippen LogP contribution >= 0.6 is 11.8 Å². The summed E-state index contributed by atoms with van der Waals surface area (Å²) in [5, 5.41) is 6.53.